The van der Waals surface area contributed by atoms with E-state index in [4.69, 9.17) is 9.15 Å². The van der Waals surface area contributed by atoms with E-state index in [0.717, 1.165) is 53.5 Å². The minimum absolute atomic E-state index is 0. The van der Waals surface area contributed by atoms with Crippen LogP contribution in [0, 0.1) is 0 Å². The molecular weight excluding hydrogens is 316 g/mol. The Morgan fingerprint density at radius 3 is 2.48 bits per heavy atom. The van der Waals surface area contributed by atoms with E-state index in [1.807, 2.05) is 55.5 Å². The molecule has 3 aromatic rings. The Morgan fingerprint density at radius 1 is 1.00 bits per heavy atom. The van der Waals surface area contributed by atoms with Crippen LogP contribution in [-0.4, -0.2) is 5.48 Å². The predicted molar refractivity (Wildman–Crippen MR) is 98.2 cm³/mol. The molecule has 0 saturated carbocycles. The van der Waals surface area contributed by atoms with Crippen LogP contribution < -0.4 is 10.4 Å². The topological polar surface area (TPSA) is 70.9 Å². The zero-order chi connectivity index (χ0) is 16.5. The summed E-state index contributed by atoms with van der Waals surface area (Å²) in [5.74, 6) is 0.720. The van der Waals surface area contributed by atoms with Crippen LogP contribution in [0.5, 0.6) is 5.75 Å². The third kappa shape index (κ3) is 3.30. The Hall–Kier alpha value is -2.59. The minimum atomic E-state index is -0.189. The monoisotopic (exact) mass is 338 g/mol. The highest BCUT2D eigenvalue weighted by atomic mass is 16.5. The minimum Gasteiger partial charge on any atom is -0.486 e. The van der Waals surface area contributed by atoms with Crippen molar-refractivity contribution in [3.8, 4) is 5.75 Å². The highest BCUT2D eigenvalue weighted by Gasteiger charge is 2.18. The Kier molecular flexibility index (Phi) is 4.91. The number of benzene rings is 2. The fourth-order valence-electron chi connectivity index (χ4n) is 3.50. The predicted octanol–water partition coefficient (Wildman–Crippen LogP) is 3.99. The van der Waals surface area contributed by atoms with Gasteiger partial charge in [-0.1, -0.05) is 30.3 Å². The smallest absolute Gasteiger partial charge is 0.339 e. The van der Waals surface area contributed by atoms with Crippen LogP contribution >= 0.6 is 0 Å². The molecule has 1 aliphatic carbocycles. The molecule has 2 aromatic carbocycles. The van der Waals surface area contributed by atoms with Crippen LogP contribution in [0.15, 0.2) is 57.7 Å². The maximum Gasteiger partial charge on any atom is 0.339 e. The second-order valence-electron chi connectivity index (χ2n) is 6.38. The van der Waals surface area contributed by atoms with E-state index < -0.39 is 0 Å². The first-order chi connectivity index (χ1) is 11.7. The molecule has 0 bridgehead atoms. The van der Waals surface area contributed by atoms with Crippen molar-refractivity contribution < 1.29 is 14.6 Å². The van der Waals surface area contributed by atoms with Crippen molar-refractivity contribution in [1.29, 1.82) is 0 Å². The lowest BCUT2D eigenvalue weighted by molar-refractivity contribution is 0.227. The lowest BCUT2D eigenvalue weighted by Gasteiger charge is -2.18. The van der Waals surface area contributed by atoms with Crippen LogP contribution in [0.2, 0.25) is 0 Å². The number of ether oxygens (including phenoxy) is 1. The number of fused-ring (bicyclic) bond motifs is 3. The normalized spacial score (nSPS) is 14.4. The summed E-state index contributed by atoms with van der Waals surface area (Å²) in [6.07, 6.45) is 3.93. The number of aryl methyl sites for hydroxylation is 1. The number of hydrogen-bond acceptors (Lipinski definition) is 3. The van der Waals surface area contributed by atoms with Crippen LogP contribution in [-0.2, 0) is 12.8 Å². The van der Waals surface area contributed by atoms with Crippen LogP contribution in [0.1, 0.15) is 42.6 Å². The van der Waals surface area contributed by atoms with E-state index in [1.165, 1.54) is 0 Å². The van der Waals surface area contributed by atoms with Gasteiger partial charge in [0.1, 0.15) is 17.4 Å². The van der Waals surface area contributed by atoms with E-state index in [2.05, 4.69) is 0 Å². The molecule has 0 fully saturated rings. The summed E-state index contributed by atoms with van der Waals surface area (Å²) in [6.45, 7) is 2.02. The molecule has 0 saturated heterocycles. The summed E-state index contributed by atoms with van der Waals surface area (Å²) in [5, 5.41) is 1.05. The molecule has 4 heteroatoms. The summed E-state index contributed by atoms with van der Waals surface area (Å²) >= 11 is 0. The van der Waals surface area contributed by atoms with Gasteiger partial charge < -0.3 is 14.6 Å². The molecule has 0 aliphatic heterocycles. The average Bonchev–Trinajstić information content (AvgIpc) is 2.62. The van der Waals surface area contributed by atoms with E-state index >= 15 is 0 Å². The van der Waals surface area contributed by atoms with E-state index in [1.54, 1.807) is 0 Å². The molecule has 25 heavy (non-hydrogen) atoms. The third-order valence-corrected chi connectivity index (χ3v) is 4.78. The molecule has 1 aromatic heterocycles. The molecule has 1 unspecified atom stereocenters. The molecule has 0 radical (unpaired) electrons. The Bertz CT molecular complexity index is 928. The fourth-order valence-corrected chi connectivity index (χ4v) is 3.50. The first-order valence-electron chi connectivity index (χ1n) is 8.52. The van der Waals surface area contributed by atoms with Crippen LogP contribution in [0.4, 0.5) is 0 Å². The van der Waals surface area contributed by atoms with Gasteiger partial charge in [-0.25, -0.2) is 4.79 Å². The first-order valence-corrected chi connectivity index (χ1v) is 8.52. The standard InChI is InChI=1S/C21H20O3.H2O/c1-14(15-7-3-2-4-8-15)23-16-11-12-18-17-9-5-6-10-19(17)21(22)24-20(18)13-16;/h2-4,7-8,11-14H,5-6,9-10H2,1H3;1H2. The molecule has 2 N–H and O–H groups in total. The van der Waals surface area contributed by atoms with Crippen LogP contribution in [0.3, 0.4) is 0 Å². The van der Waals surface area contributed by atoms with Gasteiger partial charge >= 0.3 is 5.63 Å². The largest absolute Gasteiger partial charge is 0.486 e. The SMILES string of the molecule is CC(Oc1ccc2c3c(c(=O)oc2c1)CCCC3)c1ccccc1.O. The van der Waals surface area contributed by atoms with E-state index in [-0.39, 0.29) is 17.2 Å². The lowest BCUT2D eigenvalue weighted by atomic mass is 9.91. The first kappa shape index (κ1) is 17.2. The quantitative estimate of drug-likeness (QED) is 0.678. The van der Waals surface area contributed by atoms with E-state index in [9.17, 15) is 4.79 Å². The molecule has 0 amide bonds. The molecule has 130 valence electrons. The van der Waals surface area contributed by atoms with Gasteiger partial charge in [-0.2, -0.15) is 0 Å². The maximum absolute atomic E-state index is 12.2. The molecule has 4 rings (SSSR count). The zero-order valence-corrected chi connectivity index (χ0v) is 14.2. The molecular formula is C21H22O4. The highest BCUT2D eigenvalue weighted by molar-refractivity contribution is 5.82. The van der Waals surface area contributed by atoms with E-state index in [0.29, 0.717) is 5.58 Å². The summed E-state index contributed by atoms with van der Waals surface area (Å²) < 4.78 is 11.6. The van der Waals surface area contributed by atoms with Crippen molar-refractivity contribution >= 4 is 11.0 Å². The van der Waals surface area contributed by atoms with Crippen molar-refractivity contribution in [3.05, 3.63) is 75.6 Å². The Morgan fingerprint density at radius 2 is 1.72 bits per heavy atom. The average molecular weight is 338 g/mol. The third-order valence-electron chi connectivity index (χ3n) is 4.78. The van der Waals surface area contributed by atoms with Gasteiger partial charge in [0.2, 0.25) is 0 Å². The Balaban J connectivity index is 0.00000182. The van der Waals surface area contributed by atoms with Crippen molar-refractivity contribution in [3.63, 3.8) is 0 Å². The lowest BCUT2D eigenvalue weighted by Crippen LogP contribution is -2.15. The van der Waals surface area contributed by atoms with Gasteiger partial charge in [-0.15, -0.1) is 0 Å². The highest BCUT2D eigenvalue weighted by Crippen LogP contribution is 2.30. The van der Waals surface area contributed by atoms with Crippen molar-refractivity contribution in [2.45, 2.75) is 38.7 Å². The summed E-state index contributed by atoms with van der Waals surface area (Å²) in [5.41, 5.74) is 3.57. The Labute approximate surface area is 146 Å². The van der Waals surface area contributed by atoms with Gasteiger partial charge in [-0.05, 0) is 55.9 Å². The molecule has 0 spiro atoms. The van der Waals surface area contributed by atoms with Gasteiger partial charge in [0, 0.05) is 17.0 Å². The zero-order valence-electron chi connectivity index (χ0n) is 14.2. The second-order valence-corrected chi connectivity index (χ2v) is 6.38. The van der Waals surface area contributed by atoms with Gasteiger partial charge in [-0.3, -0.25) is 0 Å². The van der Waals surface area contributed by atoms with Gasteiger partial charge in [0.05, 0.1) is 0 Å². The van der Waals surface area contributed by atoms with Crippen molar-refractivity contribution in [1.82, 2.24) is 0 Å². The van der Waals surface area contributed by atoms with Crippen LogP contribution in [0.25, 0.3) is 11.0 Å². The summed E-state index contributed by atoms with van der Waals surface area (Å²) in [7, 11) is 0. The van der Waals surface area contributed by atoms with Gasteiger partial charge in [0.15, 0.2) is 0 Å². The molecule has 4 nitrogen and oxygen atoms in total. The number of hydrogen-bond donors (Lipinski definition) is 0. The van der Waals surface area contributed by atoms with Crippen molar-refractivity contribution in [2.75, 3.05) is 0 Å². The summed E-state index contributed by atoms with van der Waals surface area (Å²) in [6, 6.07) is 15.9. The molecule has 1 aliphatic rings. The van der Waals surface area contributed by atoms with Crippen molar-refractivity contribution in [2.24, 2.45) is 0 Å². The summed E-state index contributed by atoms with van der Waals surface area (Å²) in [4.78, 5) is 12.2. The van der Waals surface area contributed by atoms with Gasteiger partial charge in [0.25, 0.3) is 0 Å². The number of rotatable bonds is 3. The fraction of sp³-hybridized carbons (Fsp3) is 0.286. The maximum atomic E-state index is 12.2. The molecule has 1 atom stereocenters. The molecule has 1 heterocycles. The second kappa shape index (κ2) is 7.11.